The van der Waals surface area contributed by atoms with Crippen LogP contribution >= 0.6 is 0 Å². The number of carbonyl (C=O) groups excluding carboxylic acids is 8. The maximum Gasteiger partial charge on any atom is 0.246 e. The van der Waals surface area contributed by atoms with Gasteiger partial charge >= 0.3 is 0 Å². The fourth-order valence-corrected chi connectivity index (χ4v) is 7.01. The number of aliphatic hydroxyl groups excluding tert-OH is 1. The van der Waals surface area contributed by atoms with Crippen molar-refractivity contribution in [1.29, 1.82) is 0 Å². The Labute approximate surface area is 369 Å². The van der Waals surface area contributed by atoms with Gasteiger partial charge in [0.05, 0.1) is 19.2 Å². The molecule has 0 saturated carbocycles. The maximum absolute atomic E-state index is 14.1. The van der Waals surface area contributed by atoms with Gasteiger partial charge in [-0.1, -0.05) is 54.6 Å². The van der Waals surface area contributed by atoms with Crippen molar-refractivity contribution in [3.05, 3.63) is 95.6 Å². The fourth-order valence-electron chi connectivity index (χ4n) is 7.01. The molecule has 20 nitrogen and oxygen atoms in total. The second-order valence-electron chi connectivity index (χ2n) is 15.5. The third kappa shape index (κ3) is 15.7. The highest BCUT2D eigenvalue weighted by Gasteiger charge is 2.39. The molecule has 1 fully saturated rings. The van der Waals surface area contributed by atoms with Gasteiger partial charge in [-0.3, -0.25) is 38.4 Å². The first-order chi connectivity index (χ1) is 30.5. The Kier molecular flexibility index (Phi) is 19.0. The Morgan fingerprint density at radius 3 is 1.86 bits per heavy atom. The summed E-state index contributed by atoms with van der Waals surface area (Å²) >= 11 is 0. The summed E-state index contributed by atoms with van der Waals surface area (Å²) in [4.78, 5) is 106. The SMILES string of the molecule is CC(=O)NCCC[C@@H](NC(=O)[C@@H](N)Cc1ccc(O)cc1)C(=O)N[C@@H](Cc1ccccc1)C(=O)NCC(=O)N[C@@H](Cc1ccc(O)cc1)C(=O)N1CCC[C@H]1C(=O)N[C@@H](CO)C(N)=O. The molecule has 13 N–H and O–H groups in total. The van der Waals surface area contributed by atoms with Gasteiger partial charge in [0.25, 0.3) is 0 Å². The van der Waals surface area contributed by atoms with Crippen molar-refractivity contribution >= 4 is 47.3 Å². The van der Waals surface area contributed by atoms with Crippen LogP contribution < -0.4 is 43.4 Å². The van der Waals surface area contributed by atoms with Crippen LogP contribution in [0.5, 0.6) is 11.5 Å². The number of nitrogens with two attached hydrogens (primary N) is 2. The number of nitrogens with zero attached hydrogens (tertiary/aromatic N) is 1. The number of rotatable bonds is 23. The van der Waals surface area contributed by atoms with E-state index in [1.165, 1.54) is 36.1 Å². The number of nitrogens with one attached hydrogen (secondary N) is 6. The van der Waals surface area contributed by atoms with Crippen molar-refractivity contribution in [2.45, 2.75) is 88.1 Å². The summed E-state index contributed by atoms with van der Waals surface area (Å²) in [5.74, 6) is -5.59. The molecular weight excluding hydrogens is 831 g/mol. The van der Waals surface area contributed by atoms with Gasteiger partial charge in [-0.15, -0.1) is 0 Å². The lowest BCUT2D eigenvalue weighted by Gasteiger charge is -2.29. The van der Waals surface area contributed by atoms with Crippen molar-refractivity contribution in [2.75, 3.05) is 26.2 Å². The van der Waals surface area contributed by atoms with Gasteiger partial charge in [-0.05, 0) is 73.1 Å². The highest BCUT2D eigenvalue weighted by atomic mass is 16.3. The van der Waals surface area contributed by atoms with Gasteiger partial charge in [-0.25, -0.2) is 0 Å². The van der Waals surface area contributed by atoms with Crippen LogP contribution in [0.2, 0.25) is 0 Å². The van der Waals surface area contributed by atoms with Gasteiger partial charge in [0, 0.05) is 32.9 Å². The fraction of sp³-hybridized carbons (Fsp3) is 0.409. The molecule has 0 bridgehead atoms. The summed E-state index contributed by atoms with van der Waals surface area (Å²) in [5.41, 5.74) is 13.3. The van der Waals surface area contributed by atoms with E-state index in [1.807, 2.05) is 0 Å². The first-order valence-electron chi connectivity index (χ1n) is 20.8. The second-order valence-corrected chi connectivity index (χ2v) is 15.5. The number of aliphatic hydroxyl groups is 1. The summed E-state index contributed by atoms with van der Waals surface area (Å²) in [7, 11) is 0. The quantitative estimate of drug-likeness (QED) is 0.0456. The molecule has 8 amide bonds. The average molecular weight is 888 g/mol. The molecule has 64 heavy (non-hydrogen) atoms. The lowest BCUT2D eigenvalue weighted by atomic mass is 10.0. The largest absolute Gasteiger partial charge is 0.508 e. The molecule has 1 heterocycles. The molecule has 0 radical (unpaired) electrons. The van der Waals surface area contributed by atoms with E-state index in [1.54, 1.807) is 54.6 Å². The van der Waals surface area contributed by atoms with Crippen molar-refractivity contribution in [2.24, 2.45) is 11.5 Å². The predicted molar refractivity (Wildman–Crippen MR) is 231 cm³/mol. The first-order valence-corrected chi connectivity index (χ1v) is 20.8. The standard InChI is InChI=1S/C44H57N9O11/c1-26(55)47-19-5-9-33(50-40(60)32(45)21-28-11-15-30(56)16-12-28)42(62)51-34(22-27-7-3-2-4-8-27)41(61)48-24-38(58)49-35(23-29-13-17-31(57)18-14-29)44(64)53-20-6-10-37(53)43(63)52-36(25-54)39(46)59/h2-4,7-8,11-18,32-37,54,56-57H,5-6,9-10,19-25,45H2,1H3,(H2,46,59)(H,47,55)(H,48,61)(H,49,58)(H,50,60)(H,51,62)(H,52,63)/t32-,33+,34-,35-,36-,37-/m0/s1. The predicted octanol–water partition coefficient (Wildman–Crippen LogP) is -2.11. The zero-order chi connectivity index (χ0) is 46.8. The Hall–Kier alpha value is -7.06. The zero-order valence-corrected chi connectivity index (χ0v) is 35.5. The molecule has 3 aromatic rings. The number of phenols is 2. The van der Waals surface area contributed by atoms with Crippen molar-refractivity contribution in [1.82, 2.24) is 36.8 Å². The van der Waals surface area contributed by atoms with Crippen LogP contribution in [0.15, 0.2) is 78.9 Å². The lowest BCUT2D eigenvalue weighted by molar-refractivity contribution is -0.142. The Balaban J connectivity index is 1.49. The normalized spacial score (nSPS) is 15.6. The maximum atomic E-state index is 14.1. The highest BCUT2D eigenvalue weighted by Crippen LogP contribution is 2.21. The molecule has 0 unspecified atom stereocenters. The number of phenolic OH excluding ortho intramolecular Hbond substituents is 2. The van der Waals surface area contributed by atoms with E-state index in [9.17, 15) is 53.7 Å². The second kappa shape index (κ2) is 24.5. The van der Waals surface area contributed by atoms with E-state index >= 15 is 0 Å². The Morgan fingerprint density at radius 2 is 1.27 bits per heavy atom. The van der Waals surface area contributed by atoms with E-state index < -0.39 is 90.8 Å². The lowest BCUT2D eigenvalue weighted by Crippen LogP contribution is -2.58. The molecular formula is C44H57N9O11. The van der Waals surface area contributed by atoms with Gasteiger partial charge in [-0.2, -0.15) is 0 Å². The number of likely N-dealkylation sites (tertiary alicyclic amines) is 1. The summed E-state index contributed by atoms with van der Waals surface area (Å²) in [5, 5.41) is 44.4. The molecule has 344 valence electrons. The highest BCUT2D eigenvalue weighted by molar-refractivity contribution is 5.96. The van der Waals surface area contributed by atoms with Gasteiger partial charge in [0.15, 0.2) is 0 Å². The monoisotopic (exact) mass is 887 g/mol. The summed E-state index contributed by atoms with van der Waals surface area (Å²) in [6.07, 6.45) is 0.946. The average Bonchev–Trinajstić information content (AvgIpc) is 3.77. The van der Waals surface area contributed by atoms with Crippen LogP contribution in [0.3, 0.4) is 0 Å². The minimum absolute atomic E-state index is 0.0276. The van der Waals surface area contributed by atoms with E-state index in [2.05, 4.69) is 31.9 Å². The number of hydrogen-bond donors (Lipinski definition) is 11. The van der Waals surface area contributed by atoms with Gasteiger partial charge in [0.1, 0.15) is 41.7 Å². The number of carbonyl (C=O) groups is 8. The Bertz CT molecular complexity index is 2090. The van der Waals surface area contributed by atoms with Crippen molar-refractivity contribution in [3.63, 3.8) is 0 Å². The first kappa shape index (κ1) is 49.6. The Morgan fingerprint density at radius 1 is 0.688 bits per heavy atom. The summed E-state index contributed by atoms with van der Waals surface area (Å²) in [6, 6.07) is 13.5. The van der Waals surface area contributed by atoms with Crippen LogP contribution in [0, 0.1) is 0 Å². The number of benzene rings is 3. The van der Waals surface area contributed by atoms with E-state index in [4.69, 9.17) is 11.5 Å². The molecule has 0 aliphatic carbocycles. The topological polar surface area (TPSA) is 325 Å². The van der Waals surface area contributed by atoms with Crippen molar-refractivity contribution < 1.29 is 53.7 Å². The molecule has 3 aromatic carbocycles. The summed E-state index contributed by atoms with van der Waals surface area (Å²) in [6.45, 7) is 0.263. The molecule has 1 aliphatic heterocycles. The minimum atomic E-state index is -1.38. The zero-order valence-electron chi connectivity index (χ0n) is 35.5. The third-order valence-corrected chi connectivity index (χ3v) is 10.4. The smallest absolute Gasteiger partial charge is 0.246 e. The van der Waals surface area contributed by atoms with Crippen LogP contribution in [-0.4, -0.2) is 130 Å². The van der Waals surface area contributed by atoms with E-state index in [0.717, 1.165) is 0 Å². The number of hydrogen-bond acceptors (Lipinski definition) is 12. The molecule has 0 aromatic heterocycles. The van der Waals surface area contributed by atoms with Crippen LogP contribution in [-0.2, 0) is 57.6 Å². The van der Waals surface area contributed by atoms with Crippen LogP contribution in [0.25, 0.3) is 0 Å². The molecule has 6 atom stereocenters. The molecule has 1 saturated heterocycles. The molecule has 4 rings (SSSR count). The van der Waals surface area contributed by atoms with Gasteiger partial charge < -0.3 is 63.6 Å². The molecule has 20 heteroatoms. The van der Waals surface area contributed by atoms with Crippen LogP contribution in [0.4, 0.5) is 0 Å². The minimum Gasteiger partial charge on any atom is -0.508 e. The van der Waals surface area contributed by atoms with Crippen molar-refractivity contribution in [3.8, 4) is 11.5 Å². The summed E-state index contributed by atoms with van der Waals surface area (Å²) < 4.78 is 0. The van der Waals surface area contributed by atoms with Crippen LogP contribution in [0.1, 0.15) is 49.3 Å². The van der Waals surface area contributed by atoms with E-state index in [-0.39, 0.29) is 69.0 Å². The van der Waals surface area contributed by atoms with Gasteiger partial charge in [0.2, 0.25) is 47.3 Å². The number of aromatic hydroxyl groups is 2. The van der Waals surface area contributed by atoms with E-state index in [0.29, 0.717) is 23.1 Å². The molecule has 0 spiro atoms. The number of amides is 8. The third-order valence-electron chi connectivity index (χ3n) is 10.4. The molecule has 1 aliphatic rings. The number of primary amides is 1.